The van der Waals surface area contributed by atoms with Crippen LogP contribution in [-0.2, 0) is 4.79 Å². The Morgan fingerprint density at radius 3 is 2.65 bits per heavy atom. The zero-order valence-corrected chi connectivity index (χ0v) is 9.04. The van der Waals surface area contributed by atoms with E-state index in [0.29, 0.717) is 17.1 Å². The van der Waals surface area contributed by atoms with Crippen LogP contribution in [0.1, 0.15) is 5.56 Å². The number of hydrogen-bond donors (Lipinski definition) is 1. The van der Waals surface area contributed by atoms with E-state index in [1.165, 1.54) is 6.42 Å². The van der Waals surface area contributed by atoms with Crippen LogP contribution in [0.4, 0.5) is 0 Å². The molecule has 1 aromatic heterocycles. The Morgan fingerprint density at radius 1 is 1.18 bits per heavy atom. The van der Waals surface area contributed by atoms with Crippen LogP contribution >= 0.6 is 0 Å². The van der Waals surface area contributed by atoms with Crippen LogP contribution in [0.2, 0.25) is 0 Å². The number of ether oxygens (including phenoxy) is 1. The van der Waals surface area contributed by atoms with Gasteiger partial charge in [-0.25, -0.2) is 0 Å². The van der Waals surface area contributed by atoms with Gasteiger partial charge in [0.25, 0.3) is 0 Å². The second-order valence-corrected chi connectivity index (χ2v) is 3.40. The lowest BCUT2D eigenvalue weighted by atomic mass is 10.1. The van der Waals surface area contributed by atoms with Gasteiger partial charge in [0.1, 0.15) is 11.5 Å². The van der Waals surface area contributed by atoms with Crippen molar-refractivity contribution < 1.29 is 9.53 Å². The molecule has 1 aromatic carbocycles. The summed E-state index contributed by atoms with van der Waals surface area (Å²) in [5, 5.41) is 0. The number of carbonyl (C=O) groups excluding carboxylic acids is 1. The zero-order chi connectivity index (χ0) is 12.1. The van der Waals surface area contributed by atoms with Crippen molar-refractivity contribution in [1.82, 2.24) is 4.98 Å². The van der Waals surface area contributed by atoms with E-state index in [2.05, 4.69) is 4.98 Å². The number of pyridine rings is 1. The predicted molar refractivity (Wildman–Crippen MR) is 63.3 cm³/mol. The lowest BCUT2D eigenvalue weighted by molar-refractivity contribution is -0.114. The van der Waals surface area contributed by atoms with E-state index in [0.717, 1.165) is 0 Å². The smallest absolute Gasteiger partial charge is 0.226 e. The number of carbonyl (C=O) groups is 1. The van der Waals surface area contributed by atoms with Crippen molar-refractivity contribution in [1.29, 1.82) is 0 Å². The standard InChI is InChI=1S/C13H11N2O2/c14-13(16)9-10-2-1-3-12(8-10)17-11-4-6-15-7-5-11/h1-9H,(H2,14,16). The van der Waals surface area contributed by atoms with Crippen molar-refractivity contribution in [2.75, 3.05) is 0 Å². The third-order valence-electron chi connectivity index (χ3n) is 2.05. The number of nitrogens with two attached hydrogens (primary N) is 1. The summed E-state index contributed by atoms with van der Waals surface area (Å²) in [6, 6.07) is 10.6. The maximum Gasteiger partial charge on any atom is 0.226 e. The molecule has 0 saturated carbocycles. The van der Waals surface area contributed by atoms with E-state index in [-0.39, 0.29) is 0 Å². The average Bonchev–Trinajstić information content (AvgIpc) is 2.30. The zero-order valence-electron chi connectivity index (χ0n) is 9.04. The summed E-state index contributed by atoms with van der Waals surface area (Å²) in [6.07, 6.45) is 4.64. The minimum atomic E-state index is -0.480. The van der Waals surface area contributed by atoms with Gasteiger partial charge in [0.15, 0.2) is 0 Å². The molecule has 4 nitrogen and oxygen atoms in total. The molecular weight excluding hydrogens is 216 g/mol. The number of benzene rings is 1. The fraction of sp³-hybridized carbons (Fsp3) is 0. The van der Waals surface area contributed by atoms with Crippen LogP contribution in [0.15, 0.2) is 48.8 Å². The summed E-state index contributed by atoms with van der Waals surface area (Å²) >= 11 is 0. The molecule has 0 spiro atoms. The summed E-state index contributed by atoms with van der Waals surface area (Å²) in [7, 11) is 0. The fourth-order valence-electron chi connectivity index (χ4n) is 1.37. The minimum Gasteiger partial charge on any atom is -0.457 e. The van der Waals surface area contributed by atoms with Crippen molar-refractivity contribution in [2.24, 2.45) is 5.73 Å². The van der Waals surface area contributed by atoms with Crippen LogP contribution in [0.3, 0.4) is 0 Å². The van der Waals surface area contributed by atoms with Gasteiger partial charge in [0, 0.05) is 12.4 Å². The first-order valence-electron chi connectivity index (χ1n) is 5.06. The second-order valence-electron chi connectivity index (χ2n) is 3.40. The molecule has 0 fully saturated rings. The molecule has 2 N–H and O–H groups in total. The van der Waals surface area contributed by atoms with Gasteiger partial charge in [0.05, 0.1) is 6.42 Å². The van der Waals surface area contributed by atoms with Crippen molar-refractivity contribution in [2.45, 2.75) is 0 Å². The predicted octanol–water partition coefficient (Wildman–Crippen LogP) is 1.91. The molecule has 2 aromatic rings. The summed E-state index contributed by atoms with van der Waals surface area (Å²) in [4.78, 5) is 14.7. The summed E-state index contributed by atoms with van der Waals surface area (Å²) in [5.41, 5.74) is 5.80. The molecule has 0 atom stereocenters. The minimum absolute atomic E-state index is 0.480. The highest BCUT2D eigenvalue weighted by Gasteiger charge is 2.02. The van der Waals surface area contributed by atoms with E-state index >= 15 is 0 Å². The Bertz CT molecular complexity index is 512. The van der Waals surface area contributed by atoms with Crippen molar-refractivity contribution >= 4 is 5.91 Å². The number of aromatic nitrogens is 1. The molecule has 0 aliphatic heterocycles. The third-order valence-corrected chi connectivity index (χ3v) is 2.05. The molecular formula is C13H11N2O2. The largest absolute Gasteiger partial charge is 0.457 e. The summed E-state index contributed by atoms with van der Waals surface area (Å²) < 4.78 is 5.59. The Morgan fingerprint density at radius 2 is 1.94 bits per heavy atom. The lowest BCUT2D eigenvalue weighted by Crippen LogP contribution is -2.11. The molecule has 2 rings (SSSR count). The molecule has 4 heteroatoms. The van der Waals surface area contributed by atoms with E-state index in [4.69, 9.17) is 10.5 Å². The highest BCUT2D eigenvalue weighted by Crippen LogP contribution is 2.21. The Balaban J connectivity index is 2.14. The number of amides is 1. The van der Waals surface area contributed by atoms with Gasteiger partial charge < -0.3 is 10.5 Å². The average molecular weight is 227 g/mol. The lowest BCUT2D eigenvalue weighted by Gasteiger charge is -2.06. The first kappa shape index (κ1) is 11.1. The van der Waals surface area contributed by atoms with Crippen LogP contribution in [0, 0.1) is 6.42 Å². The Kier molecular flexibility index (Phi) is 3.35. The van der Waals surface area contributed by atoms with Gasteiger partial charge in [0.2, 0.25) is 5.91 Å². The highest BCUT2D eigenvalue weighted by molar-refractivity contribution is 5.86. The van der Waals surface area contributed by atoms with Crippen LogP contribution in [-0.4, -0.2) is 10.9 Å². The topological polar surface area (TPSA) is 65.2 Å². The molecule has 0 saturated heterocycles. The van der Waals surface area contributed by atoms with Gasteiger partial charge in [-0.3, -0.25) is 9.78 Å². The molecule has 0 unspecified atom stereocenters. The van der Waals surface area contributed by atoms with Crippen LogP contribution in [0.5, 0.6) is 11.5 Å². The molecule has 1 radical (unpaired) electrons. The summed E-state index contributed by atoms with van der Waals surface area (Å²) in [5.74, 6) is 0.855. The van der Waals surface area contributed by atoms with Crippen molar-refractivity contribution in [3.05, 3.63) is 60.8 Å². The summed E-state index contributed by atoms with van der Waals surface area (Å²) in [6.45, 7) is 0. The first-order valence-corrected chi connectivity index (χ1v) is 5.06. The van der Waals surface area contributed by atoms with E-state index < -0.39 is 5.91 Å². The molecule has 1 amide bonds. The molecule has 85 valence electrons. The van der Waals surface area contributed by atoms with E-state index in [9.17, 15) is 4.79 Å². The van der Waals surface area contributed by atoms with Crippen molar-refractivity contribution in [3.63, 3.8) is 0 Å². The van der Waals surface area contributed by atoms with Gasteiger partial charge in [-0.2, -0.15) is 0 Å². The number of rotatable bonds is 4. The molecule has 0 aliphatic rings. The third kappa shape index (κ3) is 3.31. The normalized spacial score (nSPS) is 9.88. The molecule has 0 bridgehead atoms. The Labute approximate surface area is 99.1 Å². The quantitative estimate of drug-likeness (QED) is 0.867. The van der Waals surface area contributed by atoms with E-state index in [1.807, 2.05) is 0 Å². The maximum atomic E-state index is 10.8. The van der Waals surface area contributed by atoms with Gasteiger partial charge in [-0.1, -0.05) is 12.1 Å². The molecule has 17 heavy (non-hydrogen) atoms. The van der Waals surface area contributed by atoms with Crippen molar-refractivity contribution in [3.8, 4) is 11.5 Å². The van der Waals surface area contributed by atoms with Crippen LogP contribution in [0.25, 0.3) is 0 Å². The van der Waals surface area contributed by atoms with Gasteiger partial charge in [-0.05, 0) is 29.8 Å². The number of nitrogens with zero attached hydrogens (tertiary/aromatic N) is 1. The second kappa shape index (κ2) is 5.12. The highest BCUT2D eigenvalue weighted by atomic mass is 16.5. The van der Waals surface area contributed by atoms with E-state index in [1.54, 1.807) is 48.8 Å². The van der Waals surface area contributed by atoms with Gasteiger partial charge in [-0.15, -0.1) is 0 Å². The number of primary amides is 1. The van der Waals surface area contributed by atoms with Crippen LogP contribution < -0.4 is 10.5 Å². The molecule has 1 heterocycles. The first-order chi connectivity index (χ1) is 8.24. The molecule has 0 aliphatic carbocycles. The maximum absolute atomic E-state index is 10.8. The monoisotopic (exact) mass is 227 g/mol. The fourth-order valence-corrected chi connectivity index (χ4v) is 1.37. The SMILES string of the molecule is NC(=O)[CH]c1cccc(Oc2ccncc2)c1. The van der Waals surface area contributed by atoms with Gasteiger partial charge >= 0.3 is 0 Å². The number of hydrogen-bond acceptors (Lipinski definition) is 3. The Hall–Kier alpha value is -2.36.